The molecule has 0 aromatic heterocycles. The van der Waals surface area contributed by atoms with Gasteiger partial charge < -0.3 is 0 Å². The number of carbonyl (C=O) groups is 1. The zero-order valence-electron chi connectivity index (χ0n) is 8.51. The van der Waals surface area contributed by atoms with Crippen LogP contribution in [0, 0.1) is 10.1 Å². The summed E-state index contributed by atoms with van der Waals surface area (Å²) >= 11 is 5.52. The van der Waals surface area contributed by atoms with Gasteiger partial charge in [-0.1, -0.05) is 11.6 Å². The molecule has 0 aliphatic rings. The van der Waals surface area contributed by atoms with Gasteiger partial charge in [0, 0.05) is 13.0 Å². The Morgan fingerprint density at radius 1 is 1.47 bits per heavy atom. The summed E-state index contributed by atoms with van der Waals surface area (Å²) in [6.45, 7) is 1.02. The summed E-state index contributed by atoms with van der Waals surface area (Å²) in [5, 5.41) is 10.4. The van der Waals surface area contributed by atoms with Crippen molar-refractivity contribution in [3.63, 3.8) is 0 Å². The molecule has 0 radical (unpaired) electrons. The number of nitrogens with one attached hydrogen (secondary N) is 1. The number of carbonyl (C=O) groups excluding carboxylic acids is 1. The lowest BCUT2D eigenvalue weighted by atomic mass is 10.3. The van der Waals surface area contributed by atoms with Gasteiger partial charge in [-0.25, -0.2) is 13.1 Å². The SMILES string of the molecule is CC(=O)NS(=O)(=O)c1ccc(Cl)c([N+](=O)[O-])c1. The lowest BCUT2D eigenvalue weighted by Crippen LogP contribution is -2.28. The summed E-state index contributed by atoms with van der Waals surface area (Å²) in [7, 11) is -4.09. The van der Waals surface area contributed by atoms with Crippen molar-refractivity contribution in [2.24, 2.45) is 0 Å². The first kappa shape index (κ1) is 13.4. The first-order chi connectivity index (χ1) is 7.74. The molecule has 0 unspecified atom stereocenters. The van der Waals surface area contributed by atoms with Crippen LogP contribution in [0.4, 0.5) is 5.69 Å². The lowest BCUT2D eigenvalue weighted by Gasteiger charge is -2.04. The van der Waals surface area contributed by atoms with Crippen molar-refractivity contribution in [1.29, 1.82) is 0 Å². The van der Waals surface area contributed by atoms with E-state index in [1.165, 1.54) is 0 Å². The standard InChI is InChI=1S/C8H7ClN2O5S/c1-5(12)10-17(15,16)6-2-3-7(9)8(4-6)11(13)14/h2-4H,1H3,(H,10,12). The Labute approximate surface area is 102 Å². The molecule has 17 heavy (non-hydrogen) atoms. The fourth-order valence-electron chi connectivity index (χ4n) is 1.05. The van der Waals surface area contributed by atoms with E-state index in [1.807, 2.05) is 0 Å². The molecule has 0 aliphatic carbocycles. The third-order valence-electron chi connectivity index (χ3n) is 1.70. The van der Waals surface area contributed by atoms with Crippen molar-refractivity contribution in [2.45, 2.75) is 11.8 Å². The van der Waals surface area contributed by atoms with Gasteiger partial charge in [0.05, 0.1) is 9.82 Å². The molecular formula is C8H7ClN2O5S. The third-order valence-corrected chi connectivity index (χ3v) is 3.45. The first-order valence-corrected chi connectivity index (χ1v) is 6.07. The lowest BCUT2D eigenvalue weighted by molar-refractivity contribution is -0.384. The van der Waals surface area contributed by atoms with Gasteiger partial charge in [-0.3, -0.25) is 14.9 Å². The molecule has 92 valence electrons. The fraction of sp³-hybridized carbons (Fsp3) is 0.125. The van der Waals surface area contributed by atoms with Crippen molar-refractivity contribution in [3.8, 4) is 0 Å². The molecule has 0 saturated heterocycles. The normalized spacial score (nSPS) is 10.9. The summed E-state index contributed by atoms with van der Waals surface area (Å²) in [6, 6.07) is 2.93. The summed E-state index contributed by atoms with van der Waals surface area (Å²) in [5.74, 6) is -0.789. The van der Waals surface area contributed by atoms with E-state index in [1.54, 1.807) is 4.72 Å². The van der Waals surface area contributed by atoms with E-state index in [-0.39, 0.29) is 5.02 Å². The predicted octanol–water partition coefficient (Wildman–Crippen LogP) is 1.07. The summed E-state index contributed by atoms with van der Waals surface area (Å²) in [5.41, 5.74) is -0.543. The molecule has 1 N–H and O–H groups in total. The molecule has 9 heteroatoms. The number of hydrogen-bond acceptors (Lipinski definition) is 5. The van der Waals surface area contributed by atoms with Gasteiger partial charge in [0.2, 0.25) is 5.91 Å². The number of nitrogens with zero attached hydrogens (tertiary/aromatic N) is 1. The van der Waals surface area contributed by atoms with E-state index in [0.717, 1.165) is 25.1 Å². The molecule has 0 aliphatic heterocycles. The van der Waals surface area contributed by atoms with E-state index in [2.05, 4.69) is 0 Å². The Morgan fingerprint density at radius 2 is 2.06 bits per heavy atom. The molecule has 0 fully saturated rings. The van der Waals surface area contributed by atoms with Crippen LogP contribution in [0.25, 0.3) is 0 Å². The smallest absolute Gasteiger partial charge is 0.274 e. The topological polar surface area (TPSA) is 106 Å². The van der Waals surface area contributed by atoms with Gasteiger partial charge in [0.15, 0.2) is 0 Å². The van der Waals surface area contributed by atoms with Gasteiger partial charge in [0.1, 0.15) is 5.02 Å². The highest BCUT2D eigenvalue weighted by Crippen LogP contribution is 2.26. The van der Waals surface area contributed by atoms with E-state index in [4.69, 9.17) is 11.6 Å². The minimum atomic E-state index is -4.09. The molecule has 0 saturated carbocycles. The Bertz CT molecular complexity index is 584. The van der Waals surface area contributed by atoms with Crippen molar-refractivity contribution in [3.05, 3.63) is 33.3 Å². The van der Waals surface area contributed by atoms with Crippen LogP contribution in [0.2, 0.25) is 5.02 Å². The largest absolute Gasteiger partial charge is 0.289 e. The summed E-state index contributed by atoms with van der Waals surface area (Å²) in [6.07, 6.45) is 0. The van der Waals surface area contributed by atoms with Crippen molar-refractivity contribution in [1.82, 2.24) is 4.72 Å². The van der Waals surface area contributed by atoms with Gasteiger partial charge in [-0.15, -0.1) is 0 Å². The molecule has 0 heterocycles. The van der Waals surface area contributed by atoms with Crippen LogP contribution in [0.15, 0.2) is 23.1 Å². The Kier molecular flexibility index (Phi) is 3.69. The van der Waals surface area contributed by atoms with Crippen molar-refractivity contribution >= 4 is 33.2 Å². The maximum atomic E-state index is 11.5. The second-order valence-corrected chi connectivity index (χ2v) is 5.12. The van der Waals surface area contributed by atoms with Gasteiger partial charge in [-0.05, 0) is 12.1 Å². The maximum Gasteiger partial charge on any atom is 0.289 e. The highest BCUT2D eigenvalue weighted by molar-refractivity contribution is 7.90. The van der Waals surface area contributed by atoms with Crippen LogP contribution in [0.3, 0.4) is 0 Å². The number of hydrogen-bond donors (Lipinski definition) is 1. The van der Waals surface area contributed by atoms with Crippen LogP contribution < -0.4 is 4.72 Å². The average Bonchev–Trinajstić information content (AvgIpc) is 2.15. The van der Waals surface area contributed by atoms with Crippen LogP contribution in [-0.2, 0) is 14.8 Å². The quantitative estimate of drug-likeness (QED) is 0.657. The number of nitro benzene ring substituents is 1. The van der Waals surface area contributed by atoms with Crippen LogP contribution in [0.1, 0.15) is 6.92 Å². The van der Waals surface area contributed by atoms with Crippen LogP contribution >= 0.6 is 11.6 Å². The molecule has 0 spiro atoms. The minimum absolute atomic E-state index is 0.184. The van der Waals surface area contributed by atoms with E-state index in [0.29, 0.717) is 0 Å². The van der Waals surface area contributed by atoms with E-state index in [9.17, 15) is 23.3 Å². The number of halogens is 1. The number of benzene rings is 1. The van der Waals surface area contributed by atoms with Crippen molar-refractivity contribution < 1.29 is 18.1 Å². The van der Waals surface area contributed by atoms with E-state index < -0.39 is 31.4 Å². The van der Waals surface area contributed by atoms with Gasteiger partial charge in [0.25, 0.3) is 15.7 Å². The Morgan fingerprint density at radius 3 is 2.53 bits per heavy atom. The molecule has 1 aromatic carbocycles. The molecule has 1 amide bonds. The van der Waals surface area contributed by atoms with Crippen LogP contribution in [0.5, 0.6) is 0 Å². The summed E-state index contributed by atoms with van der Waals surface area (Å²) < 4.78 is 24.8. The molecule has 1 aromatic rings. The zero-order valence-corrected chi connectivity index (χ0v) is 10.1. The maximum absolute atomic E-state index is 11.5. The number of sulfonamides is 1. The first-order valence-electron chi connectivity index (χ1n) is 4.21. The van der Waals surface area contributed by atoms with Gasteiger partial charge >= 0.3 is 0 Å². The second kappa shape index (κ2) is 4.68. The molecular weight excluding hydrogens is 272 g/mol. The summed E-state index contributed by atoms with van der Waals surface area (Å²) in [4.78, 5) is 20.0. The highest BCUT2D eigenvalue weighted by Gasteiger charge is 2.21. The van der Waals surface area contributed by atoms with Gasteiger partial charge in [-0.2, -0.15) is 0 Å². The van der Waals surface area contributed by atoms with Crippen LogP contribution in [-0.4, -0.2) is 19.2 Å². The minimum Gasteiger partial charge on any atom is -0.274 e. The zero-order chi connectivity index (χ0) is 13.2. The Hall–Kier alpha value is -1.67. The number of amides is 1. The predicted molar refractivity (Wildman–Crippen MR) is 59.1 cm³/mol. The highest BCUT2D eigenvalue weighted by atomic mass is 35.5. The van der Waals surface area contributed by atoms with E-state index >= 15 is 0 Å². The fourth-order valence-corrected chi connectivity index (χ4v) is 2.24. The van der Waals surface area contributed by atoms with Crippen molar-refractivity contribution in [2.75, 3.05) is 0 Å². The Balaban J connectivity index is 3.30. The number of nitro groups is 1. The second-order valence-electron chi connectivity index (χ2n) is 3.03. The monoisotopic (exact) mass is 278 g/mol. The molecule has 7 nitrogen and oxygen atoms in total. The third kappa shape index (κ3) is 3.14. The molecule has 0 atom stereocenters. The number of rotatable bonds is 3. The molecule has 1 rings (SSSR count). The average molecular weight is 279 g/mol. The molecule has 0 bridgehead atoms.